The van der Waals surface area contributed by atoms with Gasteiger partial charge in [0.05, 0.1) is 0 Å². The molecule has 0 aliphatic carbocycles. The van der Waals surface area contributed by atoms with E-state index in [2.05, 4.69) is 10.2 Å². The van der Waals surface area contributed by atoms with Gasteiger partial charge < -0.3 is 10.1 Å². The zero-order valence-corrected chi connectivity index (χ0v) is 8.47. The van der Waals surface area contributed by atoms with Crippen molar-refractivity contribution in [3.8, 4) is 0 Å². The fourth-order valence-corrected chi connectivity index (χ4v) is 2.07. The summed E-state index contributed by atoms with van der Waals surface area (Å²) in [5.41, 5.74) is 0. The van der Waals surface area contributed by atoms with Gasteiger partial charge in [-0.1, -0.05) is 0 Å². The van der Waals surface area contributed by atoms with Gasteiger partial charge in [0, 0.05) is 26.1 Å². The van der Waals surface area contributed by atoms with Crippen LogP contribution in [0.2, 0.25) is 0 Å². The maximum atomic E-state index is 10.9. The number of halogens is 1. The largest absolute Gasteiger partial charge is 0.445 e. The molecule has 76 valence electrons. The van der Waals surface area contributed by atoms with Crippen LogP contribution in [-0.4, -0.2) is 43.8 Å². The second-order valence-electron chi connectivity index (χ2n) is 3.50. The Balaban J connectivity index is 0.000000845. The summed E-state index contributed by atoms with van der Waals surface area (Å²) in [6.45, 7) is 3.22. The molecule has 5 heteroatoms. The molecule has 13 heavy (non-hydrogen) atoms. The number of carbonyl (C=O) groups excluding carboxylic acids is 1. The number of ether oxygens (including phenoxy) is 1. The topological polar surface area (TPSA) is 41.6 Å². The standard InChI is InChI=1S/C8H14N2O2.ClH/c1-9-8(11)12-7-5-10-3-2-6(7)4-10;/h6-7H,2-5H2,1H3,(H,9,11);1H. The predicted molar refractivity (Wildman–Crippen MR) is 51.1 cm³/mol. The summed E-state index contributed by atoms with van der Waals surface area (Å²) >= 11 is 0. The van der Waals surface area contributed by atoms with Gasteiger partial charge in [0.15, 0.2) is 0 Å². The lowest BCUT2D eigenvalue weighted by Crippen LogP contribution is -2.34. The number of hydrogen-bond acceptors (Lipinski definition) is 3. The number of carbonyl (C=O) groups is 1. The van der Waals surface area contributed by atoms with Crippen LogP contribution in [0, 0.1) is 5.92 Å². The number of alkyl carbamates (subject to hydrolysis) is 1. The molecule has 2 rings (SSSR count). The Kier molecular flexibility index (Phi) is 3.39. The lowest BCUT2D eigenvalue weighted by molar-refractivity contribution is 0.0702. The third kappa shape index (κ3) is 2.06. The first-order chi connectivity index (χ1) is 5.79. The lowest BCUT2D eigenvalue weighted by atomic mass is 10.0. The number of hydrogen-bond donors (Lipinski definition) is 1. The molecule has 2 aliphatic heterocycles. The monoisotopic (exact) mass is 206 g/mol. The van der Waals surface area contributed by atoms with Crippen molar-refractivity contribution >= 4 is 18.5 Å². The summed E-state index contributed by atoms with van der Waals surface area (Å²) < 4.78 is 5.20. The van der Waals surface area contributed by atoms with Crippen molar-refractivity contribution in [3.05, 3.63) is 0 Å². The maximum absolute atomic E-state index is 10.9. The quantitative estimate of drug-likeness (QED) is 0.678. The van der Waals surface area contributed by atoms with E-state index in [1.54, 1.807) is 7.05 Å². The second-order valence-corrected chi connectivity index (χ2v) is 3.50. The van der Waals surface area contributed by atoms with E-state index < -0.39 is 0 Å². The Hall–Kier alpha value is -0.480. The Morgan fingerprint density at radius 1 is 1.54 bits per heavy atom. The zero-order valence-electron chi connectivity index (χ0n) is 7.66. The predicted octanol–water partition coefficient (Wildman–Crippen LogP) is 0.468. The molecule has 0 radical (unpaired) electrons. The molecule has 2 saturated heterocycles. The van der Waals surface area contributed by atoms with Crippen LogP contribution in [0.25, 0.3) is 0 Å². The molecule has 0 aromatic rings. The highest BCUT2D eigenvalue weighted by molar-refractivity contribution is 5.85. The van der Waals surface area contributed by atoms with Crippen LogP contribution in [0.3, 0.4) is 0 Å². The number of nitrogens with zero attached hydrogens (tertiary/aromatic N) is 1. The van der Waals surface area contributed by atoms with Gasteiger partial charge in [-0.05, 0) is 13.0 Å². The molecule has 0 aromatic heterocycles. The van der Waals surface area contributed by atoms with Gasteiger partial charge in [0.1, 0.15) is 6.10 Å². The number of piperidine rings is 1. The fourth-order valence-electron chi connectivity index (χ4n) is 2.07. The SMILES string of the molecule is CNC(=O)OC1CN2CCC1C2.Cl. The third-order valence-corrected chi connectivity index (χ3v) is 2.74. The highest BCUT2D eigenvalue weighted by Crippen LogP contribution is 2.29. The minimum atomic E-state index is -0.297. The van der Waals surface area contributed by atoms with Crippen molar-refractivity contribution in [2.75, 3.05) is 26.7 Å². The van der Waals surface area contributed by atoms with Crippen molar-refractivity contribution < 1.29 is 9.53 Å². The van der Waals surface area contributed by atoms with E-state index in [4.69, 9.17) is 4.74 Å². The van der Waals surface area contributed by atoms with Gasteiger partial charge >= 0.3 is 6.09 Å². The summed E-state index contributed by atoms with van der Waals surface area (Å²) in [7, 11) is 1.59. The maximum Gasteiger partial charge on any atom is 0.407 e. The van der Waals surface area contributed by atoms with Crippen LogP contribution in [0.5, 0.6) is 0 Å². The average Bonchev–Trinajstić information content (AvgIpc) is 2.64. The second kappa shape index (κ2) is 4.15. The van der Waals surface area contributed by atoms with Gasteiger partial charge in [-0.2, -0.15) is 0 Å². The Labute approximate surface area is 84.0 Å². The van der Waals surface area contributed by atoms with E-state index in [-0.39, 0.29) is 24.6 Å². The first kappa shape index (κ1) is 10.6. The summed E-state index contributed by atoms with van der Waals surface area (Å²) in [6.07, 6.45) is 1.02. The molecule has 2 aliphatic rings. The van der Waals surface area contributed by atoms with E-state index >= 15 is 0 Å². The van der Waals surface area contributed by atoms with Crippen LogP contribution in [0.4, 0.5) is 4.79 Å². The number of amides is 1. The van der Waals surface area contributed by atoms with E-state index in [1.165, 1.54) is 13.0 Å². The van der Waals surface area contributed by atoms with Crippen molar-refractivity contribution in [2.24, 2.45) is 5.92 Å². The molecule has 4 nitrogen and oxygen atoms in total. The van der Waals surface area contributed by atoms with Gasteiger partial charge in [0.2, 0.25) is 0 Å². The van der Waals surface area contributed by atoms with Crippen molar-refractivity contribution in [2.45, 2.75) is 12.5 Å². The van der Waals surface area contributed by atoms with Gasteiger partial charge in [0.25, 0.3) is 0 Å². The molecule has 2 fully saturated rings. The van der Waals surface area contributed by atoms with Gasteiger partial charge in [-0.25, -0.2) is 4.79 Å². The average molecular weight is 207 g/mol. The highest BCUT2D eigenvalue weighted by atomic mass is 35.5. The number of nitrogens with one attached hydrogen (secondary N) is 1. The molecule has 3 unspecified atom stereocenters. The van der Waals surface area contributed by atoms with Crippen LogP contribution >= 0.6 is 12.4 Å². The first-order valence-electron chi connectivity index (χ1n) is 4.40. The normalized spacial score (nSPS) is 35.3. The Morgan fingerprint density at radius 2 is 2.31 bits per heavy atom. The molecule has 3 atom stereocenters. The molecule has 0 saturated carbocycles. The molecule has 0 spiro atoms. The molecule has 1 N–H and O–H groups in total. The van der Waals surface area contributed by atoms with Crippen LogP contribution in [0.1, 0.15) is 6.42 Å². The lowest BCUT2D eigenvalue weighted by Gasteiger charge is -2.21. The molecule has 2 bridgehead atoms. The first-order valence-corrected chi connectivity index (χ1v) is 4.40. The Bertz CT molecular complexity index is 201. The van der Waals surface area contributed by atoms with Crippen molar-refractivity contribution in [1.29, 1.82) is 0 Å². The smallest absolute Gasteiger partial charge is 0.407 e. The van der Waals surface area contributed by atoms with E-state index in [9.17, 15) is 4.79 Å². The van der Waals surface area contributed by atoms with Crippen LogP contribution < -0.4 is 5.32 Å². The Morgan fingerprint density at radius 3 is 2.77 bits per heavy atom. The van der Waals surface area contributed by atoms with Crippen LogP contribution in [0.15, 0.2) is 0 Å². The zero-order chi connectivity index (χ0) is 8.55. The minimum Gasteiger partial charge on any atom is -0.445 e. The highest BCUT2D eigenvalue weighted by Gasteiger charge is 2.40. The molecular weight excluding hydrogens is 192 g/mol. The van der Waals surface area contributed by atoms with E-state index in [1.807, 2.05) is 0 Å². The fraction of sp³-hybridized carbons (Fsp3) is 0.875. The number of fused-ring (bicyclic) bond motifs is 2. The molecule has 2 heterocycles. The van der Waals surface area contributed by atoms with E-state index in [0.29, 0.717) is 5.92 Å². The number of rotatable bonds is 1. The van der Waals surface area contributed by atoms with Gasteiger partial charge in [-0.3, -0.25) is 4.90 Å². The third-order valence-electron chi connectivity index (χ3n) is 2.74. The summed E-state index contributed by atoms with van der Waals surface area (Å²) in [5.74, 6) is 0.585. The minimum absolute atomic E-state index is 0. The van der Waals surface area contributed by atoms with E-state index in [0.717, 1.165) is 13.1 Å². The summed E-state index contributed by atoms with van der Waals surface area (Å²) in [5, 5.41) is 2.47. The van der Waals surface area contributed by atoms with Crippen molar-refractivity contribution in [1.82, 2.24) is 10.2 Å². The molecule has 1 amide bonds. The van der Waals surface area contributed by atoms with Crippen LogP contribution in [-0.2, 0) is 4.74 Å². The molecule has 0 aromatic carbocycles. The summed E-state index contributed by atoms with van der Waals surface area (Å²) in [6, 6.07) is 0. The molecular formula is C8H15ClN2O2. The van der Waals surface area contributed by atoms with Crippen molar-refractivity contribution in [3.63, 3.8) is 0 Å². The summed E-state index contributed by atoms with van der Waals surface area (Å²) in [4.78, 5) is 13.2. The van der Waals surface area contributed by atoms with Gasteiger partial charge in [-0.15, -0.1) is 12.4 Å².